The van der Waals surface area contributed by atoms with Gasteiger partial charge in [0.25, 0.3) is 0 Å². The molecule has 1 aromatic rings. The van der Waals surface area contributed by atoms with Gasteiger partial charge in [-0.3, -0.25) is 4.79 Å². The van der Waals surface area contributed by atoms with Gasteiger partial charge >= 0.3 is 0 Å². The van der Waals surface area contributed by atoms with E-state index in [0.29, 0.717) is 24.7 Å². The highest BCUT2D eigenvalue weighted by molar-refractivity contribution is 5.99. The average molecular weight is 219 g/mol. The van der Waals surface area contributed by atoms with Crippen molar-refractivity contribution in [2.45, 2.75) is 6.92 Å². The number of hydrogen-bond acceptors (Lipinski definition) is 3. The number of ether oxygens (including phenoxy) is 2. The fourth-order valence-corrected chi connectivity index (χ4v) is 1.46. The first-order valence-electron chi connectivity index (χ1n) is 5.13. The number of carbonyl (C=O) groups excluding carboxylic acids is 1. The van der Waals surface area contributed by atoms with Crippen molar-refractivity contribution in [1.82, 2.24) is 0 Å². The molecule has 16 heavy (non-hydrogen) atoms. The van der Waals surface area contributed by atoms with E-state index < -0.39 is 0 Å². The second-order valence-electron chi connectivity index (χ2n) is 3.35. The lowest BCUT2D eigenvalue weighted by molar-refractivity contribution is -0.111. The molecular formula is C12H13NO3. The predicted octanol–water partition coefficient (Wildman–Crippen LogP) is 1.97. The van der Waals surface area contributed by atoms with Crippen molar-refractivity contribution in [3.63, 3.8) is 0 Å². The molecule has 1 aromatic carbocycles. The van der Waals surface area contributed by atoms with Crippen LogP contribution in [-0.4, -0.2) is 19.1 Å². The first-order valence-corrected chi connectivity index (χ1v) is 5.13. The molecule has 0 atom stereocenters. The topological polar surface area (TPSA) is 47.6 Å². The molecule has 1 aliphatic rings. The van der Waals surface area contributed by atoms with Crippen LogP contribution >= 0.6 is 0 Å². The van der Waals surface area contributed by atoms with Gasteiger partial charge in [0.1, 0.15) is 13.2 Å². The third-order valence-electron chi connectivity index (χ3n) is 2.13. The zero-order valence-electron chi connectivity index (χ0n) is 9.03. The molecule has 0 saturated heterocycles. The molecule has 4 heteroatoms. The largest absolute Gasteiger partial charge is 0.486 e. The van der Waals surface area contributed by atoms with Crippen LogP contribution in [0.5, 0.6) is 11.5 Å². The van der Waals surface area contributed by atoms with Crippen LogP contribution in [0.1, 0.15) is 6.92 Å². The summed E-state index contributed by atoms with van der Waals surface area (Å²) in [5.41, 5.74) is 0.701. The Bertz CT molecular complexity index is 426. The van der Waals surface area contributed by atoms with E-state index in [1.165, 1.54) is 6.08 Å². The molecule has 1 heterocycles. The van der Waals surface area contributed by atoms with Crippen molar-refractivity contribution >= 4 is 11.6 Å². The Hall–Kier alpha value is -1.97. The molecule has 0 bridgehead atoms. The van der Waals surface area contributed by atoms with E-state index in [4.69, 9.17) is 9.47 Å². The van der Waals surface area contributed by atoms with Crippen molar-refractivity contribution in [3.05, 3.63) is 30.4 Å². The predicted molar refractivity (Wildman–Crippen MR) is 60.9 cm³/mol. The van der Waals surface area contributed by atoms with Crippen LogP contribution in [0.3, 0.4) is 0 Å². The minimum absolute atomic E-state index is 0.154. The maximum absolute atomic E-state index is 11.3. The Morgan fingerprint density at radius 3 is 2.81 bits per heavy atom. The molecular weight excluding hydrogens is 206 g/mol. The molecule has 0 fully saturated rings. The van der Waals surface area contributed by atoms with E-state index in [1.54, 1.807) is 31.2 Å². The van der Waals surface area contributed by atoms with E-state index in [9.17, 15) is 4.79 Å². The Balaban J connectivity index is 2.14. The van der Waals surface area contributed by atoms with Crippen molar-refractivity contribution in [2.75, 3.05) is 18.5 Å². The normalized spacial score (nSPS) is 13.8. The number of rotatable bonds is 2. The summed E-state index contributed by atoms with van der Waals surface area (Å²) in [7, 11) is 0. The molecule has 2 rings (SSSR count). The lowest BCUT2D eigenvalue weighted by Gasteiger charge is -2.18. The second kappa shape index (κ2) is 4.70. The van der Waals surface area contributed by atoms with Crippen LogP contribution in [0, 0.1) is 0 Å². The molecule has 4 nitrogen and oxygen atoms in total. The van der Waals surface area contributed by atoms with Gasteiger partial charge in [-0.1, -0.05) is 6.08 Å². The summed E-state index contributed by atoms with van der Waals surface area (Å²) in [6, 6.07) is 5.34. The minimum Gasteiger partial charge on any atom is -0.486 e. The molecule has 1 N–H and O–H groups in total. The summed E-state index contributed by atoms with van der Waals surface area (Å²) in [4.78, 5) is 11.3. The number of carbonyl (C=O) groups is 1. The highest BCUT2D eigenvalue weighted by atomic mass is 16.6. The first-order chi connectivity index (χ1) is 7.79. The van der Waals surface area contributed by atoms with Crippen LogP contribution in [-0.2, 0) is 4.79 Å². The van der Waals surface area contributed by atoms with E-state index in [1.807, 2.05) is 0 Å². The summed E-state index contributed by atoms with van der Waals surface area (Å²) in [5.74, 6) is 1.24. The van der Waals surface area contributed by atoms with Crippen molar-refractivity contribution in [1.29, 1.82) is 0 Å². The number of allylic oxidation sites excluding steroid dienone is 1. The molecule has 1 amide bonds. The van der Waals surface area contributed by atoms with Crippen LogP contribution in [0.4, 0.5) is 5.69 Å². The van der Waals surface area contributed by atoms with E-state index in [2.05, 4.69) is 5.32 Å². The number of benzene rings is 1. The maximum Gasteiger partial charge on any atom is 0.248 e. The SMILES string of the molecule is C/C=C/C(=O)Nc1ccc2c(c1)OCCO2. The first kappa shape index (κ1) is 10.5. The molecule has 1 aliphatic heterocycles. The van der Waals surface area contributed by atoms with Gasteiger partial charge in [-0.15, -0.1) is 0 Å². The maximum atomic E-state index is 11.3. The molecule has 0 saturated carbocycles. The van der Waals surface area contributed by atoms with Gasteiger partial charge in [0.2, 0.25) is 5.91 Å². The Morgan fingerprint density at radius 2 is 2.06 bits per heavy atom. The summed E-state index contributed by atoms with van der Waals surface area (Å²) in [6.07, 6.45) is 3.16. The zero-order chi connectivity index (χ0) is 11.4. The van der Waals surface area contributed by atoms with Gasteiger partial charge in [-0.25, -0.2) is 0 Å². The number of nitrogens with one attached hydrogen (secondary N) is 1. The zero-order valence-corrected chi connectivity index (χ0v) is 9.03. The van der Waals surface area contributed by atoms with Gasteiger partial charge < -0.3 is 14.8 Å². The smallest absolute Gasteiger partial charge is 0.248 e. The fraction of sp³-hybridized carbons (Fsp3) is 0.250. The average Bonchev–Trinajstić information content (AvgIpc) is 2.29. The summed E-state index contributed by atoms with van der Waals surface area (Å²) < 4.78 is 10.8. The third-order valence-corrected chi connectivity index (χ3v) is 2.13. The molecule has 0 unspecified atom stereocenters. The molecule has 0 spiro atoms. The number of fused-ring (bicyclic) bond motifs is 1. The highest BCUT2D eigenvalue weighted by Crippen LogP contribution is 2.32. The van der Waals surface area contributed by atoms with Crippen LogP contribution in [0.15, 0.2) is 30.4 Å². The lowest BCUT2D eigenvalue weighted by atomic mass is 10.2. The minimum atomic E-state index is -0.154. The number of hydrogen-bond donors (Lipinski definition) is 1. The van der Waals surface area contributed by atoms with Crippen molar-refractivity contribution in [3.8, 4) is 11.5 Å². The van der Waals surface area contributed by atoms with Crippen molar-refractivity contribution < 1.29 is 14.3 Å². The summed E-state index contributed by atoms with van der Waals surface area (Å²) >= 11 is 0. The van der Waals surface area contributed by atoms with E-state index in [0.717, 1.165) is 5.75 Å². The molecule has 0 radical (unpaired) electrons. The van der Waals surface area contributed by atoms with Gasteiger partial charge in [0.05, 0.1) is 0 Å². The Kier molecular flexibility index (Phi) is 3.10. The second-order valence-corrected chi connectivity index (χ2v) is 3.35. The van der Waals surface area contributed by atoms with Gasteiger partial charge in [-0.05, 0) is 25.1 Å². The summed E-state index contributed by atoms with van der Waals surface area (Å²) in [5, 5.41) is 2.73. The molecule has 0 aromatic heterocycles. The van der Waals surface area contributed by atoms with Crippen LogP contribution in [0.2, 0.25) is 0 Å². The van der Waals surface area contributed by atoms with Crippen LogP contribution < -0.4 is 14.8 Å². The van der Waals surface area contributed by atoms with E-state index >= 15 is 0 Å². The third kappa shape index (κ3) is 2.34. The monoisotopic (exact) mass is 219 g/mol. The Morgan fingerprint density at radius 1 is 1.31 bits per heavy atom. The van der Waals surface area contributed by atoms with E-state index in [-0.39, 0.29) is 5.91 Å². The van der Waals surface area contributed by atoms with Crippen molar-refractivity contribution in [2.24, 2.45) is 0 Å². The Labute approximate surface area is 93.9 Å². The molecule has 84 valence electrons. The quantitative estimate of drug-likeness (QED) is 0.773. The summed E-state index contributed by atoms with van der Waals surface area (Å²) in [6.45, 7) is 2.90. The fourth-order valence-electron chi connectivity index (χ4n) is 1.46. The standard InChI is InChI=1S/C12H13NO3/c1-2-3-12(14)13-9-4-5-10-11(8-9)16-7-6-15-10/h2-5,8H,6-7H2,1H3,(H,13,14)/b3-2+. The molecule has 0 aliphatic carbocycles. The number of amides is 1. The van der Waals surface area contributed by atoms with Gasteiger partial charge in [0.15, 0.2) is 11.5 Å². The van der Waals surface area contributed by atoms with Crippen LogP contribution in [0.25, 0.3) is 0 Å². The highest BCUT2D eigenvalue weighted by Gasteiger charge is 2.11. The number of anilines is 1. The lowest BCUT2D eigenvalue weighted by Crippen LogP contribution is -2.16. The van der Waals surface area contributed by atoms with Gasteiger partial charge in [0, 0.05) is 11.8 Å². The van der Waals surface area contributed by atoms with Gasteiger partial charge in [-0.2, -0.15) is 0 Å².